The Kier molecular flexibility index (Phi) is 6.95. The third kappa shape index (κ3) is 5.79. The highest BCUT2D eigenvalue weighted by molar-refractivity contribution is 14.1. The van der Waals surface area contributed by atoms with Gasteiger partial charge in [-0.3, -0.25) is 0 Å². The Hall–Kier alpha value is -0.170. The molecule has 1 rings (SSSR count). The second kappa shape index (κ2) is 8.00. The summed E-state index contributed by atoms with van der Waals surface area (Å²) < 4.78 is 6.10. The number of methoxy groups -OCH3 is 1. The van der Waals surface area contributed by atoms with Gasteiger partial charge in [0.2, 0.25) is 0 Å². The minimum Gasteiger partial charge on any atom is -0.391 e. The number of hydrogen-bond acceptors (Lipinski definition) is 3. The van der Waals surface area contributed by atoms with Crippen LogP contribution in [0.4, 0.5) is 0 Å². The van der Waals surface area contributed by atoms with Crippen LogP contribution in [0.2, 0.25) is 0 Å². The number of ether oxygens (including phenoxy) is 1. The van der Waals surface area contributed by atoms with Crippen LogP contribution in [0, 0.1) is 3.57 Å². The average Bonchev–Trinajstić information content (AvgIpc) is 2.27. The van der Waals surface area contributed by atoms with Gasteiger partial charge >= 0.3 is 0 Å². The van der Waals surface area contributed by atoms with E-state index in [2.05, 4.69) is 52.2 Å². The highest BCUT2D eigenvalue weighted by Gasteiger charge is 2.01. The van der Waals surface area contributed by atoms with E-state index in [1.54, 1.807) is 7.11 Å². The molecule has 1 aromatic carbocycles. The Morgan fingerprint density at radius 3 is 2.69 bits per heavy atom. The van der Waals surface area contributed by atoms with Gasteiger partial charge < -0.3 is 15.2 Å². The molecule has 0 heterocycles. The normalized spacial score (nSPS) is 12.7. The molecule has 0 bridgehead atoms. The lowest BCUT2D eigenvalue weighted by atomic mass is 10.2. The third-order valence-corrected chi connectivity index (χ3v) is 2.97. The van der Waals surface area contributed by atoms with Crippen molar-refractivity contribution in [3.63, 3.8) is 0 Å². The molecule has 0 aliphatic rings. The first-order valence-corrected chi connectivity index (χ1v) is 6.42. The molecule has 16 heavy (non-hydrogen) atoms. The van der Waals surface area contributed by atoms with E-state index in [-0.39, 0.29) is 6.10 Å². The van der Waals surface area contributed by atoms with Gasteiger partial charge in [0.15, 0.2) is 0 Å². The van der Waals surface area contributed by atoms with Gasteiger partial charge in [-0.25, -0.2) is 0 Å². The topological polar surface area (TPSA) is 41.5 Å². The standard InChI is InChI=1S/C12H18INO2/c1-16-9-12(15)6-7-14-8-10-2-4-11(13)5-3-10/h2-5,12,14-15H,6-9H2,1H3. The van der Waals surface area contributed by atoms with E-state index in [9.17, 15) is 5.11 Å². The molecule has 2 N–H and O–H groups in total. The number of aliphatic hydroxyl groups is 1. The van der Waals surface area contributed by atoms with Crippen LogP contribution in [0.1, 0.15) is 12.0 Å². The molecule has 3 nitrogen and oxygen atoms in total. The predicted octanol–water partition coefficient (Wildman–Crippen LogP) is 1.78. The zero-order valence-electron chi connectivity index (χ0n) is 9.45. The van der Waals surface area contributed by atoms with Crippen molar-refractivity contribution >= 4 is 22.6 Å². The molecule has 0 saturated carbocycles. The SMILES string of the molecule is COCC(O)CCNCc1ccc(I)cc1. The fraction of sp³-hybridized carbons (Fsp3) is 0.500. The van der Waals surface area contributed by atoms with Gasteiger partial charge in [0.25, 0.3) is 0 Å². The summed E-state index contributed by atoms with van der Waals surface area (Å²) in [5, 5.41) is 12.7. The Morgan fingerprint density at radius 1 is 1.38 bits per heavy atom. The Bertz CT molecular complexity index is 290. The Labute approximate surface area is 110 Å². The summed E-state index contributed by atoms with van der Waals surface area (Å²) >= 11 is 2.29. The van der Waals surface area contributed by atoms with Gasteiger partial charge in [0, 0.05) is 17.2 Å². The second-order valence-corrected chi connectivity index (χ2v) is 4.95. The number of halogens is 1. The number of hydrogen-bond donors (Lipinski definition) is 2. The van der Waals surface area contributed by atoms with Crippen LogP contribution in [0.25, 0.3) is 0 Å². The molecule has 0 fully saturated rings. The van der Waals surface area contributed by atoms with Crippen LogP contribution >= 0.6 is 22.6 Å². The van der Waals surface area contributed by atoms with E-state index in [1.807, 2.05) is 0 Å². The summed E-state index contributed by atoms with van der Waals surface area (Å²) in [5.74, 6) is 0. The van der Waals surface area contributed by atoms with E-state index in [1.165, 1.54) is 9.13 Å². The fourth-order valence-corrected chi connectivity index (χ4v) is 1.74. The molecule has 0 amide bonds. The first-order valence-electron chi connectivity index (χ1n) is 5.34. The smallest absolute Gasteiger partial charge is 0.0785 e. The summed E-state index contributed by atoms with van der Waals surface area (Å²) in [4.78, 5) is 0. The van der Waals surface area contributed by atoms with E-state index < -0.39 is 0 Å². The fourth-order valence-electron chi connectivity index (χ4n) is 1.38. The van der Waals surface area contributed by atoms with Crippen molar-refractivity contribution in [3.05, 3.63) is 33.4 Å². The van der Waals surface area contributed by atoms with Gasteiger partial charge in [0.05, 0.1) is 12.7 Å². The maximum absolute atomic E-state index is 9.42. The van der Waals surface area contributed by atoms with Crippen molar-refractivity contribution in [3.8, 4) is 0 Å². The third-order valence-electron chi connectivity index (χ3n) is 2.26. The van der Waals surface area contributed by atoms with Crippen molar-refractivity contribution in [2.75, 3.05) is 20.3 Å². The number of benzene rings is 1. The van der Waals surface area contributed by atoms with Crippen molar-refractivity contribution in [2.24, 2.45) is 0 Å². The molecular formula is C12H18INO2. The van der Waals surface area contributed by atoms with Crippen LogP contribution in [0.3, 0.4) is 0 Å². The van der Waals surface area contributed by atoms with Gasteiger partial charge in [-0.15, -0.1) is 0 Å². The van der Waals surface area contributed by atoms with Gasteiger partial charge in [-0.05, 0) is 53.3 Å². The quantitative estimate of drug-likeness (QED) is 0.590. The molecule has 4 heteroatoms. The summed E-state index contributed by atoms with van der Waals surface area (Å²) in [5.41, 5.74) is 1.27. The lowest BCUT2D eigenvalue weighted by Crippen LogP contribution is -2.22. The summed E-state index contributed by atoms with van der Waals surface area (Å²) in [6, 6.07) is 8.41. The molecule has 1 unspecified atom stereocenters. The maximum Gasteiger partial charge on any atom is 0.0785 e. The molecule has 0 radical (unpaired) electrons. The van der Waals surface area contributed by atoms with Crippen LogP contribution < -0.4 is 5.32 Å². The summed E-state index contributed by atoms with van der Waals surface area (Å²) in [6.07, 6.45) is 0.354. The van der Waals surface area contributed by atoms with Crippen molar-refractivity contribution in [2.45, 2.75) is 19.1 Å². The van der Waals surface area contributed by atoms with Crippen LogP contribution in [0.15, 0.2) is 24.3 Å². The van der Waals surface area contributed by atoms with E-state index >= 15 is 0 Å². The second-order valence-electron chi connectivity index (χ2n) is 3.70. The van der Waals surface area contributed by atoms with Crippen LogP contribution in [-0.2, 0) is 11.3 Å². The van der Waals surface area contributed by atoms with E-state index in [0.29, 0.717) is 6.61 Å². The van der Waals surface area contributed by atoms with E-state index in [0.717, 1.165) is 19.5 Å². The largest absolute Gasteiger partial charge is 0.391 e. The molecular weight excluding hydrogens is 317 g/mol. The minimum absolute atomic E-state index is 0.366. The zero-order chi connectivity index (χ0) is 11.8. The number of aliphatic hydroxyl groups excluding tert-OH is 1. The predicted molar refractivity (Wildman–Crippen MR) is 73.4 cm³/mol. The van der Waals surface area contributed by atoms with Crippen molar-refractivity contribution in [1.82, 2.24) is 5.32 Å². The summed E-state index contributed by atoms with van der Waals surface area (Å²) in [7, 11) is 1.60. The van der Waals surface area contributed by atoms with E-state index in [4.69, 9.17) is 4.74 Å². The molecule has 1 aromatic rings. The van der Waals surface area contributed by atoms with Gasteiger partial charge in [-0.2, -0.15) is 0 Å². The lowest BCUT2D eigenvalue weighted by molar-refractivity contribution is 0.0594. The average molecular weight is 335 g/mol. The molecule has 0 spiro atoms. The first kappa shape index (κ1) is 13.9. The monoisotopic (exact) mass is 335 g/mol. The molecule has 0 aromatic heterocycles. The molecule has 0 aliphatic heterocycles. The van der Waals surface area contributed by atoms with Crippen molar-refractivity contribution < 1.29 is 9.84 Å². The first-order chi connectivity index (χ1) is 7.72. The lowest BCUT2D eigenvalue weighted by Gasteiger charge is -2.10. The Balaban J connectivity index is 2.13. The molecule has 1 atom stereocenters. The zero-order valence-corrected chi connectivity index (χ0v) is 11.6. The number of nitrogens with one attached hydrogen (secondary N) is 1. The van der Waals surface area contributed by atoms with Crippen LogP contribution in [-0.4, -0.2) is 31.5 Å². The Morgan fingerprint density at radius 2 is 2.06 bits per heavy atom. The maximum atomic E-state index is 9.42. The van der Waals surface area contributed by atoms with Gasteiger partial charge in [-0.1, -0.05) is 12.1 Å². The number of rotatable bonds is 7. The van der Waals surface area contributed by atoms with Crippen molar-refractivity contribution in [1.29, 1.82) is 0 Å². The highest BCUT2D eigenvalue weighted by atomic mass is 127. The molecule has 0 saturated heterocycles. The summed E-state index contributed by atoms with van der Waals surface area (Å²) in [6.45, 7) is 2.05. The minimum atomic E-state index is -0.366. The van der Waals surface area contributed by atoms with Crippen LogP contribution in [0.5, 0.6) is 0 Å². The van der Waals surface area contributed by atoms with Gasteiger partial charge in [0.1, 0.15) is 0 Å². The highest BCUT2D eigenvalue weighted by Crippen LogP contribution is 2.06. The molecule has 90 valence electrons. The molecule has 0 aliphatic carbocycles.